The minimum absolute atomic E-state index is 0.0779. The highest BCUT2D eigenvalue weighted by atomic mass is 32.2. The van der Waals surface area contributed by atoms with Gasteiger partial charge in [-0.25, -0.2) is 0 Å². The van der Waals surface area contributed by atoms with E-state index in [0.29, 0.717) is 46.8 Å². The van der Waals surface area contributed by atoms with E-state index in [4.69, 9.17) is 21.7 Å². The number of unbranched alkanes of at least 4 members (excludes halogenated alkanes) is 2. The lowest BCUT2D eigenvalue weighted by Gasteiger charge is -2.21. The number of ether oxygens (including phenoxy) is 2. The molecule has 8 heteroatoms. The Morgan fingerprint density at radius 1 is 1.06 bits per heavy atom. The van der Waals surface area contributed by atoms with Crippen LogP contribution in [-0.4, -0.2) is 53.2 Å². The molecule has 0 bridgehead atoms. The molecule has 0 aliphatic carbocycles. The van der Waals surface area contributed by atoms with Gasteiger partial charge < -0.3 is 14.4 Å². The van der Waals surface area contributed by atoms with Crippen LogP contribution in [0.2, 0.25) is 0 Å². The monoisotopic (exact) mass is 512 g/mol. The number of thioether (sulfide) groups is 1. The fraction of sp³-hybridized carbons (Fsp3) is 0.370. The second kappa shape index (κ2) is 13.3. The Bertz CT molecular complexity index is 1070. The first-order chi connectivity index (χ1) is 17.0. The molecule has 2 aromatic carbocycles. The molecule has 1 aliphatic rings. The maximum Gasteiger partial charge on any atom is 0.266 e. The summed E-state index contributed by atoms with van der Waals surface area (Å²) < 4.78 is 11.2. The minimum Gasteiger partial charge on any atom is -0.493 e. The van der Waals surface area contributed by atoms with Gasteiger partial charge >= 0.3 is 0 Å². The van der Waals surface area contributed by atoms with Crippen LogP contribution >= 0.6 is 24.0 Å². The molecule has 0 saturated carbocycles. The van der Waals surface area contributed by atoms with Crippen LogP contribution in [0, 0.1) is 0 Å². The molecule has 0 radical (unpaired) electrons. The number of hydrogen-bond donors (Lipinski definition) is 0. The van der Waals surface area contributed by atoms with Crippen molar-refractivity contribution in [2.75, 3.05) is 27.3 Å². The lowest BCUT2D eigenvalue weighted by molar-refractivity contribution is -0.131. The predicted molar refractivity (Wildman–Crippen MR) is 145 cm³/mol. The molecule has 1 fully saturated rings. The van der Waals surface area contributed by atoms with Crippen molar-refractivity contribution >= 4 is 46.2 Å². The first kappa shape index (κ1) is 26.8. The van der Waals surface area contributed by atoms with Gasteiger partial charge in [-0.05, 0) is 49.1 Å². The molecule has 0 spiro atoms. The smallest absolute Gasteiger partial charge is 0.266 e. The summed E-state index contributed by atoms with van der Waals surface area (Å²) in [7, 11) is 3.17. The molecule has 35 heavy (non-hydrogen) atoms. The molecule has 0 aromatic heterocycles. The molecular formula is C27H32N2O4S2. The number of amides is 2. The third-order valence-corrected chi connectivity index (χ3v) is 7.18. The first-order valence-electron chi connectivity index (χ1n) is 11.8. The third kappa shape index (κ3) is 7.32. The SMILES string of the molecule is CCN(Cc1ccccc1)C(=O)CCCCCN1C(=O)C(=Cc2ccc(OC)c(OC)c2)SC1=S. The Morgan fingerprint density at radius 3 is 2.49 bits per heavy atom. The number of hydrogen-bond acceptors (Lipinski definition) is 6. The van der Waals surface area contributed by atoms with Crippen LogP contribution in [0.25, 0.3) is 6.08 Å². The van der Waals surface area contributed by atoms with Crippen LogP contribution in [0.1, 0.15) is 43.7 Å². The van der Waals surface area contributed by atoms with Crippen molar-refractivity contribution in [1.82, 2.24) is 9.80 Å². The summed E-state index contributed by atoms with van der Waals surface area (Å²) in [6, 6.07) is 15.6. The topological polar surface area (TPSA) is 59.1 Å². The van der Waals surface area contributed by atoms with E-state index in [1.54, 1.807) is 19.1 Å². The van der Waals surface area contributed by atoms with Crippen LogP contribution in [0.3, 0.4) is 0 Å². The standard InChI is InChI=1S/C27H32N2O4S2/c1-4-28(19-20-11-7-5-8-12-20)25(30)13-9-6-10-16-29-26(31)24(35-27(29)34)18-21-14-15-22(32-2)23(17-21)33-3/h5,7-8,11-12,14-15,17-18H,4,6,9-10,13,16,19H2,1-3H3. The number of carbonyl (C=O) groups excluding carboxylic acids is 2. The maximum atomic E-state index is 12.9. The average Bonchev–Trinajstić information content (AvgIpc) is 3.14. The molecule has 1 aliphatic heterocycles. The zero-order valence-electron chi connectivity index (χ0n) is 20.5. The number of thiocarbonyl (C=S) groups is 1. The quantitative estimate of drug-likeness (QED) is 0.212. The molecule has 1 heterocycles. The fourth-order valence-corrected chi connectivity index (χ4v) is 5.16. The number of rotatable bonds is 12. The van der Waals surface area contributed by atoms with Crippen molar-refractivity contribution in [2.24, 2.45) is 0 Å². The molecule has 6 nitrogen and oxygen atoms in total. The molecule has 1 saturated heterocycles. The van der Waals surface area contributed by atoms with E-state index >= 15 is 0 Å². The van der Waals surface area contributed by atoms with Gasteiger partial charge in [-0.2, -0.15) is 0 Å². The zero-order valence-corrected chi connectivity index (χ0v) is 22.1. The van der Waals surface area contributed by atoms with Crippen molar-refractivity contribution in [2.45, 2.75) is 39.2 Å². The van der Waals surface area contributed by atoms with Crippen molar-refractivity contribution < 1.29 is 19.1 Å². The fourth-order valence-electron chi connectivity index (χ4n) is 3.85. The number of methoxy groups -OCH3 is 2. The molecule has 186 valence electrons. The third-order valence-electron chi connectivity index (χ3n) is 5.80. The van der Waals surface area contributed by atoms with Gasteiger partial charge in [0.2, 0.25) is 5.91 Å². The van der Waals surface area contributed by atoms with Gasteiger partial charge in [0.25, 0.3) is 5.91 Å². The Labute approximate surface area is 217 Å². The van der Waals surface area contributed by atoms with E-state index in [0.717, 1.165) is 30.4 Å². The second-order valence-corrected chi connectivity index (χ2v) is 9.83. The Morgan fingerprint density at radius 2 is 1.80 bits per heavy atom. The van der Waals surface area contributed by atoms with Gasteiger partial charge in [0.15, 0.2) is 11.5 Å². The van der Waals surface area contributed by atoms with E-state index in [1.165, 1.54) is 11.8 Å². The first-order valence-corrected chi connectivity index (χ1v) is 13.0. The summed E-state index contributed by atoms with van der Waals surface area (Å²) in [5.41, 5.74) is 1.98. The van der Waals surface area contributed by atoms with Gasteiger partial charge in [0.1, 0.15) is 4.32 Å². The molecule has 3 rings (SSSR count). The van der Waals surface area contributed by atoms with Gasteiger partial charge in [-0.15, -0.1) is 0 Å². The maximum absolute atomic E-state index is 12.9. The highest BCUT2D eigenvalue weighted by molar-refractivity contribution is 8.26. The largest absolute Gasteiger partial charge is 0.493 e. The van der Waals surface area contributed by atoms with E-state index < -0.39 is 0 Å². The summed E-state index contributed by atoms with van der Waals surface area (Å²) in [5, 5.41) is 0. The van der Waals surface area contributed by atoms with Crippen LogP contribution in [0.5, 0.6) is 11.5 Å². The van der Waals surface area contributed by atoms with E-state index in [-0.39, 0.29) is 11.8 Å². The number of benzene rings is 2. The van der Waals surface area contributed by atoms with Crippen LogP contribution in [0.15, 0.2) is 53.4 Å². The highest BCUT2D eigenvalue weighted by Crippen LogP contribution is 2.34. The van der Waals surface area contributed by atoms with E-state index in [2.05, 4.69) is 0 Å². The summed E-state index contributed by atoms with van der Waals surface area (Å²) in [6.07, 6.45) is 4.79. The van der Waals surface area contributed by atoms with Crippen molar-refractivity contribution in [1.29, 1.82) is 0 Å². The number of carbonyl (C=O) groups is 2. The van der Waals surface area contributed by atoms with Gasteiger partial charge in [-0.1, -0.05) is 66.8 Å². The van der Waals surface area contributed by atoms with Crippen molar-refractivity contribution in [3.8, 4) is 11.5 Å². The Hall–Kier alpha value is -2.84. The van der Waals surface area contributed by atoms with Crippen LogP contribution < -0.4 is 9.47 Å². The van der Waals surface area contributed by atoms with Crippen LogP contribution in [0.4, 0.5) is 0 Å². The summed E-state index contributed by atoms with van der Waals surface area (Å²) in [5.74, 6) is 1.33. The lowest BCUT2D eigenvalue weighted by Crippen LogP contribution is -2.30. The molecule has 0 unspecified atom stereocenters. The zero-order chi connectivity index (χ0) is 25.2. The van der Waals surface area contributed by atoms with E-state index in [9.17, 15) is 9.59 Å². The van der Waals surface area contributed by atoms with Crippen LogP contribution in [-0.2, 0) is 16.1 Å². The van der Waals surface area contributed by atoms with Crippen molar-refractivity contribution in [3.63, 3.8) is 0 Å². The normalized spacial score (nSPS) is 14.5. The molecule has 0 atom stereocenters. The van der Waals surface area contributed by atoms with Gasteiger partial charge in [0, 0.05) is 26.1 Å². The molecule has 2 aromatic rings. The van der Waals surface area contributed by atoms with E-state index in [1.807, 2.05) is 66.4 Å². The van der Waals surface area contributed by atoms with Gasteiger partial charge in [-0.3, -0.25) is 14.5 Å². The summed E-state index contributed by atoms with van der Waals surface area (Å²) in [4.78, 5) is 29.7. The number of nitrogens with zero attached hydrogens (tertiary/aromatic N) is 2. The van der Waals surface area contributed by atoms with Gasteiger partial charge in [0.05, 0.1) is 19.1 Å². The van der Waals surface area contributed by atoms with Crippen molar-refractivity contribution in [3.05, 3.63) is 64.6 Å². The molecule has 2 amide bonds. The summed E-state index contributed by atoms with van der Waals surface area (Å²) >= 11 is 6.76. The molecular weight excluding hydrogens is 480 g/mol. The highest BCUT2D eigenvalue weighted by Gasteiger charge is 2.31. The Balaban J connectivity index is 1.46. The summed E-state index contributed by atoms with van der Waals surface area (Å²) in [6.45, 7) is 3.89. The Kier molecular flexibility index (Phi) is 10.2. The predicted octanol–water partition coefficient (Wildman–Crippen LogP) is 5.51. The minimum atomic E-state index is -0.0779. The second-order valence-electron chi connectivity index (χ2n) is 8.15. The average molecular weight is 513 g/mol. The lowest BCUT2D eigenvalue weighted by atomic mass is 10.1. The molecule has 0 N–H and O–H groups in total.